The van der Waals surface area contributed by atoms with Crippen molar-refractivity contribution in [2.75, 3.05) is 11.6 Å². The monoisotopic (exact) mass is 290 g/mol. The van der Waals surface area contributed by atoms with Crippen LogP contribution in [-0.2, 0) is 4.79 Å². The summed E-state index contributed by atoms with van der Waals surface area (Å²) in [5.74, 6) is -0.804. The molecular formula is C15H15FN2OS. The van der Waals surface area contributed by atoms with Crippen LogP contribution >= 0.6 is 11.8 Å². The number of hydrogen-bond donors (Lipinski definition) is 2. The zero-order chi connectivity index (χ0) is 14.5. The van der Waals surface area contributed by atoms with E-state index >= 15 is 0 Å². The lowest BCUT2D eigenvalue weighted by molar-refractivity contribution is -0.118. The van der Waals surface area contributed by atoms with Gasteiger partial charge in [-0.25, -0.2) is 4.39 Å². The molecule has 0 aliphatic rings. The number of carbonyl (C=O) groups excluding carboxylic acids is 1. The molecule has 0 aliphatic heterocycles. The molecule has 5 heteroatoms. The quantitative estimate of drug-likeness (QED) is 0.832. The maximum Gasteiger partial charge on any atom is 0.244 e. The number of halogens is 1. The van der Waals surface area contributed by atoms with Crippen molar-refractivity contribution in [3.63, 3.8) is 0 Å². The molecule has 1 unspecified atom stereocenters. The van der Waals surface area contributed by atoms with E-state index in [9.17, 15) is 9.18 Å². The number of nitrogens with two attached hydrogens (primary N) is 1. The fourth-order valence-corrected chi connectivity index (χ4v) is 2.24. The first-order valence-electron chi connectivity index (χ1n) is 6.05. The molecule has 3 nitrogen and oxygen atoms in total. The van der Waals surface area contributed by atoms with Crippen LogP contribution in [0.1, 0.15) is 11.6 Å². The van der Waals surface area contributed by atoms with E-state index in [-0.39, 0.29) is 5.82 Å². The number of anilines is 1. The summed E-state index contributed by atoms with van der Waals surface area (Å²) in [7, 11) is 0. The van der Waals surface area contributed by atoms with Crippen molar-refractivity contribution < 1.29 is 9.18 Å². The molecule has 2 aromatic rings. The normalized spacial score (nSPS) is 11.9. The molecule has 0 bridgehead atoms. The number of rotatable bonds is 5. The van der Waals surface area contributed by atoms with Gasteiger partial charge in [-0.05, 0) is 48.2 Å². The molecule has 0 spiro atoms. The lowest BCUT2D eigenvalue weighted by atomic mass is 10.1. The van der Waals surface area contributed by atoms with Gasteiger partial charge < -0.3 is 11.1 Å². The smallest absolute Gasteiger partial charge is 0.244 e. The second-order valence-electron chi connectivity index (χ2n) is 4.26. The highest BCUT2D eigenvalue weighted by Gasteiger charge is 2.17. The van der Waals surface area contributed by atoms with Gasteiger partial charge in [0.2, 0.25) is 5.91 Å². The Balaban J connectivity index is 2.22. The average molecular weight is 290 g/mol. The maximum absolute atomic E-state index is 12.9. The van der Waals surface area contributed by atoms with Gasteiger partial charge in [-0.3, -0.25) is 4.79 Å². The number of nitrogens with one attached hydrogen (secondary N) is 1. The molecule has 0 radical (unpaired) electrons. The van der Waals surface area contributed by atoms with Gasteiger partial charge in [-0.1, -0.05) is 12.1 Å². The molecule has 0 saturated carbocycles. The minimum Gasteiger partial charge on any atom is -0.370 e. The van der Waals surface area contributed by atoms with E-state index in [0.717, 1.165) is 10.5 Å². The number of primary amides is 1. The lowest BCUT2D eigenvalue weighted by Crippen LogP contribution is -2.27. The number of hydrogen-bond acceptors (Lipinski definition) is 3. The van der Waals surface area contributed by atoms with Gasteiger partial charge in [0, 0.05) is 10.6 Å². The van der Waals surface area contributed by atoms with Crippen molar-refractivity contribution >= 4 is 23.4 Å². The van der Waals surface area contributed by atoms with Crippen LogP contribution in [0.15, 0.2) is 53.4 Å². The van der Waals surface area contributed by atoms with E-state index in [1.165, 1.54) is 12.1 Å². The van der Waals surface area contributed by atoms with Crippen molar-refractivity contribution in [3.8, 4) is 0 Å². The molecule has 0 aliphatic carbocycles. The van der Waals surface area contributed by atoms with Crippen LogP contribution in [0.5, 0.6) is 0 Å². The van der Waals surface area contributed by atoms with Crippen LogP contribution in [0.25, 0.3) is 0 Å². The predicted octanol–water partition coefficient (Wildman–Crippen LogP) is 3.19. The van der Waals surface area contributed by atoms with E-state index in [1.54, 1.807) is 23.9 Å². The number of carbonyl (C=O) groups is 1. The highest BCUT2D eigenvalue weighted by molar-refractivity contribution is 7.98. The summed E-state index contributed by atoms with van der Waals surface area (Å²) in [6.45, 7) is 0. The van der Waals surface area contributed by atoms with Crippen molar-refractivity contribution in [1.82, 2.24) is 0 Å². The first-order valence-corrected chi connectivity index (χ1v) is 7.28. The third-order valence-corrected chi connectivity index (χ3v) is 3.63. The fraction of sp³-hybridized carbons (Fsp3) is 0.133. The zero-order valence-corrected chi connectivity index (χ0v) is 11.8. The van der Waals surface area contributed by atoms with E-state index < -0.39 is 11.9 Å². The van der Waals surface area contributed by atoms with E-state index in [1.807, 2.05) is 30.5 Å². The summed E-state index contributed by atoms with van der Waals surface area (Å²) in [5, 5.41) is 3.01. The van der Waals surface area contributed by atoms with Crippen LogP contribution in [0.3, 0.4) is 0 Å². The van der Waals surface area contributed by atoms with Crippen molar-refractivity contribution in [2.24, 2.45) is 5.73 Å². The van der Waals surface area contributed by atoms with Gasteiger partial charge in [0.25, 0.3) is 0 Å². The Labute approximate surface area is 121 Å². The van der Waals surface area contributed by atoms with Gasteiger partial charge in [0.05, 0.1) is 0 Å². The fourth-order valence-electron chi connectivity index (χ4n) is 1.83. The highest BCUT2D eigenvalue weighted by Crippen LogP contribution is 2.22. The Morgan fingerprint density at radius 1 is 1.15 bits per heavy atom. The van der Waals surface area contributed by atoms with Crippen LogP contribution in [0.2, 0.25) is 0 Å². The zero-order valence-electron chi connectivity index (χ0n) is 11.0. The first kappa shape index (κ1) is 14.4. The number of benzene rings is 2. The number of amides is 1. The van der Waals surface area contributed by atoms with E-state index in [0.29, 0.717) is 5.69 Å². The average Bonchev–Trinajstić information content (AvgIpc) is 2.46. The van der Waals surface area contributed by atoms with Crippen molar-refractivity contribution in [3.05, 3.63) is 59.9 Å². The summed E-state index contributed by atoms with van der Waals surface area (Å²) in [6, 6.07) is 12.7. The topological polar surface area (TPSA) is 55.1 Å². The second-order valence-corrected chi connectivity index (χ2v) is 5.14. The Bertz CT molecular complexity index is 584. The molecule has 20 heavy (non-hydrogen) atoms. The van der Waals surface area contributed by atoms with Crippen molar-refractivity contribution in [2.45, 2.75) is 10.9 Å². The largest absolute Gasteiger partial charge is 0.370 e. The first-order chi connectivity index (χ1) is 9.60. The minimum atomic E-state index is -0.642. The molecule has 2 aromatic carbocycles. The molecule has 2 rings (SSSR count). The predicted molar refractivity (Wildman–Crippen MR) is 80.2 cm³/mol. The van der Waals surface area contributed by atoms with E-state index in [4.69, 9.17) is 5.73 Å². The Hall–Kier alpha value is -2.01. The molecule has 0 heterocycles. The molecule has 1 atom stereocenters. The Morgan fingerprint density at radius 3 is 2.25 bits per heavy atom. The maximum atomic E-state index is 12.9. The second kappa shape index (κ2) is 6.43. The Kier molecular flexibility index (Phi) is 4.63. The van der Waals surface area contributed by atoms with Gasteiger partial charge in [0.15, 0.2) is 0 Å². The molecule has 3 N–H and O–H groups in total. The van der Waals surface area contributed by atoms with Crippen LogP contribution in [-0.4, -0.2) is 12.2 Å². The summed E-state index contributed by atoms with van der Waals surface area (Å²) in [5.41, 5.74) is 6.86. The third-order valence-electron chi connectivity index (χ3n) is 2.89. The molecule has 0 aromatic heterocycles. The summed E-state index contributed by atoms with van der Waals surface area (Å²) in [6.07, 6.45) is 1.98. The van der Waals surface area contributed by atoms with Gasteiger partial charge >= 0.3 is 0 Å². The Morgan fingerprint density at radius 2 is 1.75 bits per heavy atom. The summed E-state index contributed by atoms with van der Waals surface area (Å²) < 4.78 is 12.9. The van der Waals surface area contributed by atoms with Crippen molar-refractivity contribution in [1.29, 1.82) is 0 Å². The molecule has 0 saturated heterocycles. The SMILES string of the molecule is CSc1ccc(C(Nc2ccc(F)cc2)C(N)=O)cc1. The van der Waals surface area contributed by atoms with Gasteiger partial charge in [-0.15, -0.1) is 11.8 Å². The summed E-state index contributed by atoms with van der Waals surface area (Å²) in [4.78, 5) is 12.7. The standard InChI is InChI=1S/C15H15FN2OS/c1-20-13-8-2-10(3-9-13)14(15(17)19)18-12-6-4-11(16)5-7-12/h2-9,14,18H,1H3,(H2,17,19). The highest BCUT2D eigenvalue weighted by atomic mass is 32.2. The van der Waals surface area contributed by atoms with Crippen LogP contribution in [0.4, 0.5) is 10.1 Å². The van der Waals surface area contributed by atoms with Gasteiger partial charge in [0.1, 0.15) is 11.9 Å². The van der Waals surface area contributed by atoms with Crippen LogP contribution in [0, 0.1) is 5.82 Å². The number of thioether (sulfide) groups is 1. The lowest BCUT2D eigenvalue weighted by Gasteiger charge is -2.17. The molecule has 1 amide bonds. The van der Waals surface area contributed by atoms with Crippen LogP contribution < -0.4 is 11.1 Å². The van der Waals surface area contributed by atoms with Gasteiger partial charge in [-0.2, -0.15) is 0 Å². The molecule has 104 valence electrons. The molecule has 0 fully saturated rings. The van der Waals surface area contributed by atoms with E-state index in [2.05, 4.69) is 5.32 Å². The molecular weight excluding hydrogens is 275 g/mol. The minimum absolute atomic E-state index is 0.324. The summed E-state index contributed by atoms with van der Waals surface area (Å²) >= 11 is 1.62. The third kappa shape index (κ3) is 3.51.